The molecule has 4 nitrogen and oxygen atoms in total. The van der Waals surface area contributed by atoms with Crippen molar-refractivity contribution in [2.45, 2.75) is 71.0 Å². The normalized spacial score (nSPS) is 23.8. The molecule has 1 N–H and O–H groups in total. The number of rotatable bonds is 5. The van der Waals surface area contributed by atoms with Gasteiger partial charge in [-0.25, -0.2) is 0 Å². The summed E-state index contributed by atoms with van der Waals surface area (Å²) in [7, 11) is 0. The summed E-state index contributed by atoms with van der Waals surface area (Å²) in [6.07, 6.45) is 5.24. The number of anilines is 2. The summed E-state index contributed by atoms with van der Waals surface area (Å²) in [6.45, 7) is 8.85. The second-order valence-electron chi connectivity index (χ2n) is 7.41. The van der Waals surface area contributed by atoms with Crippen molar-refractivity contribution in [1.82, 2.24) is 5.32 Å². The van der Waals surface area contributed by atoms with Gasteiger partial charge in [-0.3, -0.25) is 4.79 Å². The molecule has 0 aromatic heterocycles. The first kappa shape index (κ1) is 17.3. The van der Waals surface area contributed by atoms with Crippen LogP contribution in [0.5, 0.6) is 0 Å². The second kappa shape index (κ2) is 7.56. The third-order valence-corrected chi connectivity index (χ3v) is 5.61. The van der Waals surface area contributed by atoms with E-state index < -0.39 is 0 Å². The minimum Gasteiger partial charge on any atom is -0.371 e. The molecule has 2 saturated heterocycles. The fraction of sp³-hybridized carbons (Fsp3) is 0.650. The molecular formula is C20H31N3O. The molecular weight excluding hydrogens is 298 g/mol. The Morgan fingerprint density at radius 2 is 1.75 bits per heavy atom. The number of carbonyl (C=O) groups excluding carboxylic acids is 1. The van der Waals surface area contributed by atoms with Crippen LogP contribution in [-0.2, 0) is 4.79 Å². The Bertz CT molecular complexity index is 549. The van der Waals surface area contributed by atoms with Gasteiger partial charge in [0.1, 0.15) is 0 Å². The van der Waals surface area contributed by atoms with Crippen molar-refractivity contribution in [2.24, 2.45) is 0 Å². The average Bonchev–Trinajstić information content (AvgIpc) is 2.94. The van der Waals surface area contributed by atoms with Gasteiger partial charge in [0, 0.05) is 49.0 Å². The van der Waals surface area contributed by atoms with E-state index in [2.05, 4.69) is 55.3 Å². The monoisotopic (exact) mass is 329 g/mol. The quantitative estimate of drug-likeness (QED) is 0.897. The van der Waals surface area contributed by atoms with Gasteiger partial charge < -0.3 is 15.1 Å². The molecule has 24 heavy (non-hydrogen) atoms. The molecule has 0 saturated carbocycles. The zero-order valence-electron chi connectivity index (χ0n) is 15.3. The fourth-order valence-electron chi connectivity index (χ4n) is 3.87. The van der Waals surface area contributed by atoms with Gasteiger partial charge in [-0.2, -0.15) is 0 Å². The lowest BCUT2D eigenvalue weighted by Gasteiger charge is -2.35. The predicted molar refractivity (Wildman–Crippen MR) is 101 cm³/mol. The number of hydrogen-bond acceptors (Lipinski definition) is 3. The lowest BCUT2D eigenvalue weighted by Crippen LogP contribution is -2.45. The smallest absolute Gasteiger partial charge is 0.227 e. The van der Waals surface area contributed by atoms with E-state index in [1.165, 1.54) is 24.9 Å². The lowest BCUT2D eigenvalue weighted by molar-refractivity contribution is -0.117. The second-order valence-corrected chi connectivity index (χ2v) is 7.41. The Labute approximate surface area is 146 Å². The first-order valence-electron chi connectivity index (χ1n) is 9.51. The molecule has 0 aliphatic carbocycles. The van der Waals surface area contributed by atoms with Crippen LogP contribution < -0.4 is 15.1 Å². The number of hydrogen-bond donors (Lipinski definition) is 1. The first-order chi connectivity index (χ1) is 11.6. The summed E-state index contributed by atoms with van der Waals surface area (Å²) in [6, 6.07) is 10.2. The molecule has 0 spiro atoms. The molecule has 2 aliphatic heterocycles. The van der Waals surface area contributed by atoms with Crippen molar-refractivity contribution in [1.29, 1.82) is 0 Å². The maximum absolute atomic E-state index is 12.0. The fourth-order valence-corrected chi connectivity index (χ4v) is 3.87. The van der Waals surface area contributed by atoms with E-state index in [1.54, 1.807) is 0 Å². The molecule has 0 bridgehead atoms. The van der Waals surface area contributed by atoms with E-state index in [-0.39, 0.29) is 5.91 Å². The molecule has 132 valence electrons. The van der Waals surface area contributed by atoms with Gasteiger partial charge in [0.2, 0.25) is 5.91 Å². The highest BCUT2D eigenvalue weighted by Gasteiger charge is 2.28. The molecule has 1 aromatic rings. The Hall–Kier alpha value is -1.55. The van der Waals surface area contributed by atoms with Crippen molar-refractivity contribution in [2.75, 3.05) is 22.9 Å². The van der Waals surface area contributed by atoms with Crippen LogP contribution in [-0.4, -0.2) is 37.1 Å². The lowest BCUT2D eigenvalue weighted by atomic mass is 10.0. The highest BCUT2D eigenvalue weighted by Crippen LogP contribution is 2.29. The molecule has 2 aliphatic rings. The van der Waals surface area contributed by atoms with Crippen LogP contribution in [0.15, 0.2) is 24.3 Å². The van der Waals surface area contributed by atoms with E-state index in [4.69, 9.17) is 0 Å². The Balaban J connectivity index is 1.58. The molecule has 3 rings (SSSR count). The van der Waals surface area contributed by atoms with Gasteiger partial charge in [0.15, 0.2) is 0 Å². The molecule has 0 radical (unpaired) electrons. The van der Waals surface area contributed by atoms with Crippen molar-refractivity contribution in [3.63, 3.8) is 0 Å². The van der Waals surface area contributed by atoms with Gasteiger partial charge in [0.05, 0.1) is 0 Å². The standard InChI is InChI=1S/C20H31N3O/c1-4-15(2)21-17-11-13-22(14-12-17)18-6-8-19(9-7-18)23-16(3)5-10-20(23)24/h6-9,15-17,21H,4-5,10-14H2,1-3H3/t15-,16-/m0/s1. The third-order valence-electron chi connectivity index (χ3n) is 5.61. The van der Waals surface area contributed by atoms with E-state index in [1.807, 2.05) is 4.90 Å². The topological polar surface area (TPSA) is 35.6 Å². The highest BCUT2D eigenvalue weighted by molar-refractivity contribution is 5.96. The van der Waals surface area contributed by atoms with E-state index in [9.17, 15) is 4.79 Å². The van der Waals surface area contributed by atoms with E-state index in [0.29, 0.717) is 24.5 Å². The maximum atomic E-state index is 12.0. The number of nitrogens with one attached hydrogen (secondary N) is 1. The minimum atomic E-state index is 0.257. The zero-order chi connectivity index (χ0) is 17.1. The first-order valence-corrected chi connectivity index (χ1v) is 9.51. The summed E-state index contributed by atoms with van der Waals surface area (Å²) in [5.41, 5.74) is 2.32. The summed E-state index contributed by atoms with van der Waals surface area (Å²) in [5.74, 6) is 0.257. The van der Waals surface area contributed by atoms with Crippen LogP contribution in [0.3, 0.4) is 0 Å². The Morgan fingerprint density at radius 1 is 1.12 bits per heavy atom. The van der Waals surface area contributed by atoms with Crippen LogP contribution in [0.2, 0.25) is 0 Å². The highest BCUT2D eigenvalue weighted by atomic mass is 16.2. The minimum absolute atomic E-state index is 0.257. The van der Waals surface area contributed by atoms with Crippen LogP contribution >= 0.6 is 0 Å². The summed E-state index contributed by atoms with van der Waals surface area (Å²) >= 11 is 0. The maximum Gasteiger partial charge on any atom is 0.227 e. The average molecular weight is 329 g/mol. The Kier molecular flexibility index (Phi) is 5.44. The van der Waals surface area contributed by atoms with Gasteiger partial charge >= 0.3 is 0 Å². The van der Waals surface area contributed by atoms with Crippen LogP contribution in [0.25, 0.3) is 0 Å². The molecule has 2 heterocycles. The molecule has 0 unspecified atom stereocenters. The predicted octanol–water partition coefficient (Wildman–Crippen LogP) is 3.56. The van der Waals surface area contributed by atoms with Crippen LogP contribution in [0, 0.1) is 0 Å². The summed E-state index contributed by atoms with van der Waals surface area (Å²) in [5, 5.41) is 3.73. The zero-order valence-corrected chi connectivity index (χ0v) is 15.3. The molecule has 4 heteroatoms. The number of benzene rings is 1. The van der Waals surface area contributed by atoms with Gasteiger partial charge in [-0.05, 0) is 63.8 Å². The summed E-state index contributed by atoms with van der Waals surface area (Å²) in [4.78, 5) is 16.4. The SMILES string of the molecule is CC[C@H](C)NC1CCN(c2ccc(N3C(=O)CC[C@@H]3C)cc2)CC1. The number of piperidine rings is 1. The van der Waals surface area contributed by atoms with E-state index in [0.717, 1.165) is 25.2 Å². The van der Waals surface area contributed by atoms with Gasteiger partial charge in [-0.15, -0.1) is 0 Å². The molecule has 1 amide bonds. The molecule has 1 aromatic carbocycles. The van der Waals surface area contributed by atoms with Crippen molar-refractivity contribution in [3.8, 4) is 0 Å². The van der Waals surface area contributed by atoms with Crippen LogP contribution in [0.4, 0.5) is 11.4 Å². The summed E-state index contributed by atoms with van der Waals surface area (Å²) < 4.78 is 0. The van der Waals surface area contributed by atoms with Crippen molar-refractivity contribution >= 4 is 17.3 Å². The largest absolute Gasteiger partial charge is 0.371 e. The van der Waals surface area contributed by atoms with Crippen LogP contribution in [0.1, 0.15) is 52.9 Å². The van der Waals surface area contributed by atoms with Crippen molar-refractivity contribution < 1.29 is 4.79 Å². The third kappa shape index (κ3) is 3.75. The van der Waals surface area contributed by atoms with Crippen molar-refractivity contribution in [3.05, 3.63) is 24.3 Å². The van der Waals surface area contributed by atoms with E-state index >= 15 is 0 Å². The number of nitrogens with zero attached hydrogens (tertiary/aromatic N) is 2. The van der Waals surface area contributed by atoms with Gasteiger partial charge in [0.25, 0.3) is 0 Å². The number of carbonyl (C=O) groups is 1. The van der Waals surface area contributed by atoms with Gasteiger partial charge in [-0.1, -0.05) is 6.92 Å². The molecule has 2 atom stereocenters. The molecule has 2 fully saturated rings. The Morgan fingerprint density at radius 3 is 2.29 bits per heavy atom. The number of amides is 1.